The number of fused-ring (bicyclic) bond motifs is 8. The van der Waals surface area contributed by atoms with E-state index >= 15 is 0 Å². The molecule has 10 rings (SSSR count). The molecule has 7 aromatic rings. The Morgan fingerprint density at radius 1 is 0.804 bits per heavy atom. The fourth-order valence-electron chi connectivity index (χ4n) is 9.15. The van der Waals surface area contributed by atoms with E-state index in [4.69, 9.17) is 4.42 Å². The van der Waals surface area contributed by atoms with E-state index in [1.54, 1.807) is 0 Å². The van der Waals surface area contributed by atoms with Gasteiger partial charge in [0.1, 0.15) is 11.0 Å². The first-order valence-electron chi connectivity index (χ1n) is 19.8. The largest absolute Gasteiger partial charge is 0.456 e. The zero-order valence-corrected chi connectivity index (χ0v) is 31.9. The quantitative estimate of drug-likeness (QED) is 0.173. The average molecular weight is 722 g/mol. The third-order valence-electron chi connectivity index (χ3n) is 11.9. The molecule has 0 bridgehead atoms. The van der Waals surface area contributed by atoms with E-state index in [9.17, 15) is 0 Å². The van der Waals surface area contributed by atoms with Crippen molar-refractivity contribution in [3.8, 4) is 5.69 Å². The zero-order valence-electron chi connectivity index (χ0n) is 31.9. The summed E-state index contributed by atoms with van der Waals surface area (Å²) in [5, 5.41) is 4.57. The lowest BCUT2D eigenvalue weighted by atomic mass is 9.78. The minimum atomic E-state index is 0.224. The second-order valence-corrected chi connectivity index (χ2v) is 15.1. The highest BCUT2D eigenvalue weighted by Gasteiger charge is 2.28. The van der Waals surface area contributed by atoms with Crippen molar-refractivity contribution < 1.29 is 4.42 Å². The monoisotopic (exact) mass is 721 g/mol. The molecule has 270 valence electrons. The van der Waals surface area contributed by atoms with Crippen molar-refractivity contribution in [2.24, 2.45) is 0 Å². The van der Waals surface area contributed by atoms with Crippen molar-refractivity contribution in [3.05, 3.63) is 219 Å². The first kappa shape index (κ1) is 33.9. The predicted octanol–water partition coefficient (Wildman–Crippen LogP) is 12.6. The van der Waals surface area contributed by atoms with Gasteiger partial charge in [-0.2, -0.15) is 0 Å². The van der Waals surface area contributed by atoms with Crippen molar-refractivity contribution >= 4 is 56.6 Å². The Bertz CT molecular complexity index is 3070. The Morgan fingerprint density at radius 3 is 2.45 bits per heavy atom. The van der Waals surface area contributed by atoms with Gasteiger partial charge in [0.2, 0.25) is 0 Å². The van der Waals surface area contributed by atoms with Gasteiger partial charge in [0.05, 0.1) is 11.0 Å². The minimum absolute atomic E-state index is 0.224. The maximum absolute atomic E-state index is 6.39. The van der Waals surface area contributed by atoms with E-state index in [1.165, 1.54) is 71.9 Å². The lowest BCUT2D eigenvalue weighted by molar-refractivity contribution is 0.575. The molecule has 0 radical (unpaired) electrons. The fraction of sp³-hybridized carbons (Fsp3) is 0.111. The number of allylic oxidation sites excluding steroid dienone is 14. The molecular weight excluding hydrogens is 679 g/mol. The first-order chi connectivity index (χ1) is 27.6. The maximum atomic E-state index is 6.39. The lowest BCUT2D eigenvalue weighted by Crippen LogP contribution is -2.18. The second-order valence-electron chi connectivity index (χ2n) is 15.1. The molecule has 2 heteroatoms. The summed E-state index contributed by atoms with van der Waals surface area (Å²) in [6, 6.07) is 39.7. The molecule has 0 spiro atoms. The second kappa shape index (κ2) is 13.9. The van der Waals surface area contributed by atoms with E-state index in [-0.39, 0.29) is 5.92 Å². The van der Waals surface area contributed by atoms with Crippen LogP contribution in [0.25, 0.3) is 62.3 Å². The van der Waals surface area contributed by atoms with Gasteiger partial charge in [-0.1, -0.05) is 140 Å². The van der Waals surface area contributed by atoms with Crippen molar-refractivity contribution in [3.63, 3.8) is 0 Å². The van der Waals surface area contributed by atoms with Crippen LogP contribution in [-0.4, -0.2) is 4.57 Å². The number of rotatable bonds is 5. The Morgan fingerprint density at radius 2 is 1.61 bits per heavy atom. The van der Waals surface area contributed by atoms with E-state index < -0.39 is 0 Å². The summed E-state index contributed by atoms with van der Waals surface area (Å²) in [7, 11) is 0. The number of aryl methyl sites for hydroxylation is 2. The molecule has 0 N–H and O–H groups in total. The van der Waals surface area contributed by atoms with Gasteiger partial charge in [0.15, 0.2) is 0 Å². The highest BCUT2D eigenvalue weighted by Crippen LogP contribution is 2.47. The molecule has 3 aliphatic carbocycles. The fourth-order valence-corrected chi connectivity index (χ4v) is 9.15. The van der Waals surface area contributed by atoms with Crippen molar-refractivity contribution in [2.45, 2.75) is 39.0 Å². The highest BCUT2D eigenvalue weighted by molar-refractivity contribution is 6.16. The summed E-state index contributed by atoms with van der Waals surface area (Å²) in [4.78, 5) is 0. The molecule has 0 fully saturated rings. The molecule has 2 aromatic heterocycles. The van der Waals surface area contributed by atoms with Crippen molar-refractivity contribution in [1.82, 2.24) is 4.57 Å². The van der Waals surface area contributed by atoms with Crippen LogP contribution in [0.5, 0.6) is 0 Å². The van der Waals surface area contributed by atoms with Crippen LogP contribution in [0.1, 0.15) is 53.5 Å². The minimum Gasteiger partial charge on any atom is -0.456 e. The van der Waals surface area contributed by atoms with Crippen LogP contribution in [-0.2, 0) is 6.42 Å². The number of nitrogens with zero attached hydrogens (tertiary/aromatic N) is 1. The third-order valence-corrected chi connectivity index (χ3v) is 11.9. The van der Waals surface area contributed by atoms with Crippen LogP contribution in [0.3, 0.4) is 0 Å². The van der Waals surface area contributed by atoms with Gasteiger partial charge in [-0.15, -0.1) is 0 Å². The molecule has 56 heavy (non-hydrogen) atoms. The highest BCUT2D eigenvalue weighted by atomic mass is 16.3. The Balaban J connectivity index is 1.14. The number of furan rings is 1. The number of hydrogen-bond donors (Lipinski definition) is 0. The summed E-state index contributed by atoms with van der Waals surface area (Å²) >= 11 is 0. The van der Waals surface area contributed by atoms with E-state index in [2.05, 4.69) is 177 Å². The molecular formula is C54H43NO. The number of hydrogen-bond acceptors (Lipinski definition) is 1. The molecule has 1 atom stereocenters. The smallest absolute Gasteiger partial charge is 0.135 e. The Hall–Kier alpha value is -6.64. The molecule has 0 saturated carbocycles. The molecule has 1 unspecified atom stereocenters. The number of benzene rings is 5. The topological polar surface area (TPSA) is 18.1 Å². The van der Waals surface area contributed by atoms with Crippen LogP contribution >= 0.6 is 0 Å². The van der Waals surface area contributed by atoms with Gasteiger partial charge in [0, 0.05) is 33.0 Å². The van der Waals surface area contributed by atoms with Crippen molar-refractivity contribution in [2.75, 3.05) is 0 Å². The molecule has 2 heterocycles. The molecule has 2 nitrogen and oxygen atoms in total. The summed E-state index contributed by atoms with van der Waals surface area (Å²) in [6.45, 7) is 8.76. The van der Waals surface area contributed by atoms with E-state index in [0.29, 0.717) is 0 Å². The van der Waals surface area contributed by atoms with Gasteiger partial charge >= 0.3 is 0 Å². The molecule has 3 aliphatic rings. The van der Waals surface area contributed by atoms with E-state index in [1.807, 2.05) is 18.2 Å². The summed E-state index contributed by atoms with van der Waals surface area (Å²) < 4.78 is 8.85. The standard InChI is InChI=1S/C54H43NO/c1-4-37(34-51-36(3)45-20-12-14-24-50(45)56-51)46-21-10-8-16-39-25-26-40-29-32-49-54(53(40)52(39)46)47-22-11-13-23-48(47)55(49)43-30-27-38(28-31-43)41-17-6-7-18-42(33-41)44-19-9-5-15-35(44)2/h4-7,9-24,27-34,42H,3,8,25-26H2,1-2H3/b37-4+,51-34+. The van der Waals surface area contributed by atoms with Gasteiger partial charge in [-0.25, -0.2) is 0 Å². The third kappa shape index (κ3) is 5.64. The normalized spacial score (nSPS) is 17.3. The van der Waals surface area contributed by atoms with Gasteiger partial charge in [-0.05, 0) is 125 Å². The zero-order chi connectivity index (χ0) is 37.8. The van der Waals surface area contributed by atoms with Crippen molar-refractivity contribution in [1.29, 1.82) is 0 Å². The Kier molecular flexibility index (Phi) is 8.41. The molecule has 0 saturated heterocycles. The summed E-state index contributed by atoms with van der Waals surface area (Å²) in [5.74, 6) is 0.224. The molecule has 5 aromatic carbocycles. The van der Waals surface area contributed by atoms with Crippen LogP contribution in [0.2, 0.25) is 0 Å². The van der Waals surface area contributed by atoms with Gasteiger partial charge in [0.25, 0.3) is 0 Å². The van der Waals surface area contributed by atoms with Gasteiger partial charge < -0.3 is 8.98 Å². The Labute approximate surface area is 328 Å². The maximum Gasteiger partial charge on any atom is 0.135 e. The molecule has 0 aliphatic heterocycles. The first-order valence-corrected chi connectivity index (χ1v) is 19.8. The van der Waals surface area contributed by atoms with Crippen LogP contribution in [0, 0.1) is 6.92 Å². The van der Waals surface area contributed by atoms with Crippen LogP contribution < -0.4 is 10.6 Å². The molecule has 0 amide bonds. The predicted molar refractivity (Wildman–Crippen MR) is 237 cm³/mol. The lowest BCUT2D eigenvalue weighted by Gasteiger charge is -2.26. The average Bonchev–Trinajstić information content (AvgIpc) is 3.48. The number of aromatic nitrogens is 1. The summed E-state index contributed by atoms with van der Waals surface area (Å²) in [6.07, 6.45) is 25.7. The van der Waals surface area contributed by atoms with Gasteiger partial charge in [-0.3, -0.25) is 0 Å². The SMILES string of the molecule is C=c1/c(=C\C(=C/C)C2=C3C(=CCC=C2)CCc2ccc4c(c23)c2ccccc2n4-c2ccc(C3=CC(c4ccccc4C)C=CC=C3)cc2)oc2ccccc12. The number of para-hydroxylation sites is 2. The van der Waals surface area contributed by atoms with E-state index in [0.717, 1.165) is 52.1 Å². The van der Waals surface area contributed by atoms with Crippen LogP contribution in [0.4, 0.5) is 0 Å². The summed E-state index contributed by atoms with van der Waals surface area (Å²) in [5.41, 5.74) is 18.2. The van der Waals surface area contributed by atoms with Crippen LogP contribution in [0.15, 0.2) is 185 Å².